The summed E-state index contributed by atoms with van der Waals surface area (Å²) < 4.78 is 0. The molecular weight excluding hydrogens is 272 g/mol. The fraction of sp³-hybridized carbons (Fsp3) is 0. The van der Waals surface area contributed by atoms with Gasteiger partial charge in [0.15, 0.2) is 0 Å². The summed E-state index contributed by atoms with van der Waals surface area (Å²) in [6.45, 7) is 0. The first kappa shape index (κ1) is 13.8. The number of benzene rings is 2. The van der Waals surface area contributed by atoms with Gasteiger partial charge in [0, 0.05) is 11.8 Å². The van der Waals surface area contributed by atoms with Crippen LogP contribution < -0.4 is 5.73 Å². The Morgan fingerprint density at radius 3 is 2.64 bits per heavy atom. The first-order valence-electron chi connectivity index (χ1n) is 7.00. The number of nitrogens with zero attached hydrogens (tertiary/aromatic N) is 2. The molecule has 0 saturated heterocycles. The molecule has 0 aliphatic carbocycles. The van der Waals surface area contributed by atoms with E-state index in [2.05, 4.69) is 15.0 Å². The number of hydrogen-bond acceptors (Lipinski definition) is 3. The van der Waals surface area contributed by atoms with Crippen molar-refractivity contribution in [3.63, 3.8) is 0 Å². The zero-order chi connectivity index (χ0) is 15.2. The highest BCUT2D eigenvalue weighted by Gasteiger charge is 2.08. The molecule has 0 unspecified atom stereocenters. The van der Waals surface area contributed by atoms with Crippen molar-refractivity contribution in [3.05, 3.63) is 73.0 Å². The molecule has 3 aromatic rings. The van der Waals surface area contributed by atoms with Crippen LogP contribution in [0.2, 0.25) is 0 Å². The third-order valence-electron chi connectivity index (χ3n) is 3.18. The lowest BCUT2D eigenvalue weighted by Crippen LogP contribution is -1.81. The van der Waals surface area contributed by atoms with Crippen LogP contribution in [-0.2, 0) is 0 Å². The SMILES string of the molecule is N\C=C/C=C/C=N/c1ccccc1-c1nc2ccccc2[nH]1. The summed E-state index contributed by atoms with van der Waals surface area (Å²) in [4.78, 5) is 12.4. The molecule has 1 heterocycles. The minimum absolute atomic E-state index is 0.819. The Morgan fingerprint density at radius 1 is 0.955 bits per heavy atom. The molecule has 2 aromatic carbocycles. The van der Waals surface area contributed by atoms with Gasteiger partial charge in [-0.05, 0) is 42.6 Å². The van der Waals surface area contributed by atoms with E-state index in [4.69, 9.17) is 5.73 Å². The highest BCUT2D eigenvalue weighted by molar-refractivity contribution is 5.84. The lowest BCUT2D eigenvalue weighted by molar-refractivity contribution is 1.33. The van der Waals surface area contributed by atoms with Crippen molar-refractivity contribution < 1.29 is 0 Å². The van der Waals surface area contributed by atoms with Crippen LogP contribution in [0.3, 0.4) is 0 Å². The summed E-state index contributed by atoms with van der Waals surface area (Å²) in [7, 11) is 0. The van der Waals surface area contributed by atoms with Gasteiger partial charge in [-0.1, -0.05) is 30.3 Å². The van der Waals surface area contributed by atoms with Gasteiger partial charge in [-0.2, -0.15) is 0 Å². The smallest absolute Gasteiger partial charge is 0.140 e. The molecule has 22 heavy (non-hydrogen) atoms. The number of H-pyrrole nitrogens is 1. The third-order valence-corrected chi connectivity index (χ3v) is 3.18. The van der Waals surface area contributed by atoms with Gasteiger partial charge in [-0.25, -0.2) is 4.98 Å². The lowest BCUT2D eigenvalue weighted by Gasteiger charge is -2.01. The maximum atomic E-state index is 5.27. The number of para-hydroxylation sites is 3. The van der Waals surface area contributed by atoms with Crippen LogP contribution in [0, 0.1) is 0 Å². The van der Waals surface area contributed by atoms with Crippen LogP contribution in [0.15, 0.2) is 78.0 Å². The Labute approximate surface area is 128 Å². The van der Waals surface area contributed by atoms with Gasteiger partial charge >= 0.3 is 0 Å². The quantitative estimate of drug-likeness (QED) is 0.563. The fourth-order valence-corrected chi connectivity index (χ4v) is 2.17. The molecular formula is C18H16N4. The van der Waals surface area contributed by atoms with Crippen LogP contribution in [0.25, 0.3) is 22.4 Å². The predicted molar refractivity (Wildman–Crippen MR) is 92.1 cm³/mol. The summed E-state index contributed by atoms with van der Waals surface area (Å²) in [5.74, 6) is 0.819. The normalized spacial score (nSPS) is 12.2. The molecule has 0 aliphatic heterocycles. The third kappa shape index (κ3) is 2.96. The Morgan fingerprint density at radius 2 is 1.77 bits per heavy atom. The summed E-state index contributed by atoms with van der Waals surface area (Å²) in [6.07, 6.45) is 8.62. The van der Waals surface area contributed by atoms with E-state index in [0.29, 0.717) is 0 Å². The van der Waals surface area contributed by atoms with E-state index in [9.17, 15) is 0 Å². The van der Waals surface area contributed by atoms with Gasteiger partial charge in [0.1, 0.15) is 5.82 Å². The Kier molecular flexibility index (Phi) is 4.11. The van der Waals surface area contributed by atoms with Crippen molar-refractivity contribution in [2.45, 2.75) is 0 Å². The van der Waals surface area contributed by atoms with E-state index < -0.39 is 0 Å². The van der Waals surface area contributed by atoms with Crippen LogP contribution >= 0.6 is 0 Å². The van der Waals surface area contributed by atoms with Crippen molar-refractivity contribution >= 4 is 22.9 Å². The highest BCUT2D eigenvalue weighted by Crippen LogP contribution is 2.29. The van der Waals surface area contributed by atoms with E-state index in [1.54, 1.807) is 12.3 Å². The first-order valence-corrected chi connectivity index (χ1v) is 7.00. The number of nitrogens with one attached hydrogen (secondary N) is 1. The van der Waals surface area contributed by atoms with Gasteiger partial charge in [0.05, 0.1) is 16.7 Å². The van der Waals surface area contributed by atoms with E-state index in [1.807, 2.05) is 60.7 Å². The van der Waals surface area contributed by atoms with E-state index in [1.165, 1.54) is 6.20 Å². The number of aliphatic imine (C=N–C) groups is 1. The molecule has 0 amide bonds. The largest absolute Gasteiger partial charge is 0.405 e. The van der Waals surface area contributed by atoms with Gasteiger partial charge in [-0.15, -0.1) is 0 Å². The Bertz CT molecular complexity index is 823. The molecule has 0 atom stereocenters. The molecule has 0 saturated carbocycles. The molecule has 3 N–H and O–H groups in total. The zero-order valence-corrected chi connectivity index (χ0v) is 12.0. The average molecular weight is 288 g/mol. The molecule has 108 valence electrons. The van der Waals surface area contributed by atoms with Crippen molar-refractivity contribution in [2.24, 2.45) is 10.7 Å². The summed E-state index contributed by atoms with van der Waals surface area (Å²) in [6, 6.07) is 15.9. The number of nitrogens with two attached hydrogens (primary N) is 1. The number of aromatic nitrogens is 2. The van der Waals surface area contributed by atoms with E-state index in [-0.39, 0.29) is 0 Å². The standard InChI is InChI=1S/C18H16N4/c19-12-6-1-7-13-20-15-9-3-2-8-14(15)18-21-16-10-4-5-11-17(16)22-18/h1-13H,19H2,(H,21,22)/b7-1+,12-6-,20-13+. The van der Waals surface area contributed by atoms with Crippen molar-refractivity contribution in [1.82, 2.24) is 9.97 Å². The number of imidazole rings is 1. The molecule has 0 spiro atoms. The molecule has 1 aromatic heterocycles. The van der Waals surface area contributed by atoms with Crippen molar-refractivity contribution in [2.75, 3.05) is 0 Å². The second kappa shape index (κ2) is 6.54. The minimum Gasteiger partial charge on any atom is -0.405 e. The first-order chi connectivity index (χ1) is 10.9. The fourth-order valence-electron chi connectivity index (χ4n) is 2.17. The van der Waals surface area contributed by atoms with Gasteiger partial charge in [0.2, 0.25) is 0 Å². The van der Waals surface area contributed by atoms with Gasteiger partial charge in [0.25, 0.3) is 0 Å². The summed E-state index contributed by atoms with van der Waals surface area (Å²) in [5.41, 5.74) is 9.07. The highest BCUT2D eigenvalue weighted by atomic mass is 14.9. The second-order valence-corrected chi connectivity index (χ2v) is 4.67. The zero-order valence-electron chi connectivity index (χ0n) is 12.0. The van der Waals surface area contributed by atoms with Crippen LogP contribution in [0.5, 0.6) is 0 Å². The minimum atomic E-state index is 0.819. The monoisotopic (exact) mass is 288 g/mol. The molecule has 0 bridgehead atoms. The van der Waals surface area contributed by atoms with Crippen molar-refractivity contribution in [3.8, 4) is 11.4 Å². The second-order valence-electron chi connectivity index (χ2n) is 4.67. The maximum Gasteiger partial charge on any atom is 0.140 e. The number of fused-ring (bicyclic) bond motifs is 1. The molecule has 4 nitrogen and oxygen atoms in total. The Hall–Kier alpha value is -3.14. The summed E-state index contributed by atoms with van der Waals surface area (Å²) in [5, 5.41) is 0. The molecule has 0 fully saturated rings. The lowest BCUT2D eigenvalue weighted by atomic mass is 10.1. The average Bonchev–Trinajstić information content (AvgIpc) is 2.99. The van der Waals surface area contributed by atoms with Crippen molar-refractivity contribution in [1.29, 1.82) is 0 Å². The topological polar surface area (TPSA) is 67.1 Å². The van der Waals surface area contributed by atoms with Crippen LogP contribution in [0.1, 0.15) is 0 Å². The molecule has 0 radical (unpaired) electrons. The molecule has 4 heteroatoms. The Balaban J connectivity index is 1.97. The summed E-state index contributed by atoms with van der Waals surface area (Å²) >= 11 is 0. The van der Waals surface area contributed by atoms with Gasteiger partial charge in [-0.3, -0.25) is 4.99 Å². The van der Waals surface area contributed by atoms with Crippen LogP contribution in [0.4, 0.5) is 5.69 Å². The predicted octanol–water partition coefficient (Wildman–Crippen LogP) is 3.96. The number of rotatable bonds is 4. The van der Waals surface area contributed by atoms with E-state index >= 15 is 0 Å². The number of hydrogen-bond donors (Lipinski definition) is 2. The molecule has 3 rings (SSSR count). The molecule has 0 aliphatic rings. The van der Waals surface area contributed by atoms with Crippen LogP contribution in [-0.4, -0.2) is 16.2 Å². The number of allylic oxidation sites excluding steroid dienone is 3. The van der Waals surface area contributed by atoms with Gasteiger partial charge < -0.3 is 10.7 Å². The number of aromatic amines is 1. The maximum absolute atomic E-state index is 5.27. The van der Waals surface area contributed by atoms with E-state index in [0.717, 1.165) is 28.1 Å².